The van der Waals surface area contributed by atoms with Crippen molar-refractivity contribution in [3.05, 3.63) is 96.4 Å². The van der Waals surface area contributed by atoms with Crippen molar-refractivity contribution in [2.75, 3.05) is 19.7 Å². The molecule has 0 saturated carbocycles. The Labute approximate surface area is 220 Å². The van der Waals surface area contributed by atoms with Crippen molar-refractivity contribution < 1.29 is 18.7 Å². The number of carbonyl (C=O) groups excluding carboxylic acids is 2. The average Bonchev–Trinajstić information content (AvgIpc) is 3.35. The van der Waals surface area contributed by atoms with Crippen molar-refractivity contribution in [3.8, 4) is 28.1 Å². The van der Waals surface area contributed by atoms with Crippen LogP contribution in [-0.4, -0.2) is 52.3 Å². The van der Waals surface area contributed by atoms with Gasteiger partial charge in [-0.3, -0.25) is 14.5 Å². The average molecular weight is 513 g/mol. The first-order valence-electron chi connectivity index (χ1n) is 12.7. The van der Waals surface area contributed by atoms with Gasteiger partial charge in [-0.05, 0) is 42.3 Å². The number of rotatable bonds is 8. The molecule has 2 heterocycles. The van der Waals surface area contributed by atoms with Gasteiger partial charge in [0.15, 0.2) is 0 Å². The van der Waals surface area contributed by atoms with E-state index in [9.17, 15) is 9.59 Å². The van der Waals surface area contributed by atoms with Crippen molar-refractivity contribution >= 4 is 11.9 Å². The van der Waals surface area contributed by atoms with Crippen LogP contribution in [0.15, 0.2) is 85.1 Å². The number of halogens is 1. The Balaban J connectivity index is 1.51. The Morgan fingerprint density at radius 1 is 1.03 bits per heavy atom. The first-order valence-corrected chi connectivity index (χ1v) is 12.7. The molecule has 0 spiro atoms. The van der Waals surface area contributed by atoms with Gasteiger partial charge in [0, 0.05) is 30.8 Å². The van der Waals surface area contributed by atoms with Crippen LogP contribution in [-0.2, 0) is 20.9 Å². The molecular formula is C30H29FN4O3. The third kappa shape index (κ3) is 5.35. The minimum absolute atomic E-state index is 0.0518. The van der Waals surface area contributed by atoms with Crippen molar-refractivity contribution in [1.29, 1.82) is 0 Å². The Bertz CT molecular complexity index is 1420. The molecule has 3 aromatic carbocycles. The van der Waals surface area contributed by atoms with E-state index in [0.717, 1.165) is 22.4 Å². The van der Waals surface area contributed by atoms with Crippen LogP contribution < -0.4 is 5.32 Å². The zero-order valence-electron chi connectivity index (χ0n) is 21.1. The topological polar surface area (TPSA) is 76.5 Å². The number of carbonyl (C=O) groups is 2. The van der Waals surface area contributed by atoms with E-state index < -0.39 is 12.0 Å². The Hall–Kier alpha value is -4.30. The predicted molar refractivity (Wildman–Crippen MR) is 143 cm³/mol. The summed E-state index contributed by atoms with van der Waals surface area (Å²) >= 11 is 0. The molecule has 1 N–H and O–H groups in total. The number of benzene rings is 3. The molecule has 1 saturated heterocycles. The van der Waals surface area contributed by atoms with Crippen molar-refractivity contribution in [3.63, 3.8) is 0 Å². The molecule has 38 heavy (non-hydrogen) atoms. The van der Waals surface area contributed by atoms with Gasteiger partial charge in [0.1, 0.15) is 11.9 Å². The zero-order chi connectivity index (χ0) is 26.5. The van der Waals surface area contributed by atoms with Crippen LogP contribution in [0.3, 0.4) is 0 Å². The molecule has 1 atom stereocenters. The molecule has 1 amide bonds. The van der Waals surface area contributed by atoms with Gasteiger partial charge < -0.3 is 10.1 Å². The molecule has 1 aliphatic rings. The zero-order valence-corrected chi connectivity index (χ0v) is 21.1. The quantitative estimate of drug-likeness (QED) is 0.349. The summed E-state index contributed by atoms with van der Waals surface area (Å²) in [5, 5.41) is 7.47. The first-order chi connectivity index (χ1) is 18.5. The van der Waals surface area contributed by atoms with E-state index in [1.54, 1.807) is 36.0 Å². The van der Waals surface area contributed by atoms with Gasteiger partial charge in [-0.2, -0.15) is 5.10 Å². The van der Waals surface area contributed by atoms with Crippen molar-refractivity contribution in [2.45, 2.75) is 25.9 Å². The van der Waals surface area contributed by atoms with Gasteiger partial charge >= 0.3 is 5.97 Å². The summed E-state index contributed by atoms with van der Waals surface area (Å²) < 4.78 is 21.9. The van der Waals surface area contributed by atoms with Gasteiger partial charge in [0.05, 0.1) is 30.6 Å². The summed E-state index contributed by atoms with van der Waals surface area (Å²) in [5.74, 6) is -1.01. The molecule has 4 aromatic rings. The van der Waals surface area contributed by atoms with E-state index >= 15 is 4.39 Å². The van der Waals surface area contributed by atoms with Crippen LogP contribution in [0.5, 0.6) is 0 Å². The summed E-state index contributed by atoms with van der Waals surface area (Å²) in [5.41, 5.74) is 4.73. The third-order valence-electron chi connectivity index (χ3n) is 6.67. The molecule has 0 radical (unpaired) electrons. The van der Waals surface area contributed by atoms with Gasteiger partial charge in [0.25, 0.3) is 0 Å². The fourth-order valence-electron chi connectivity index (χ4n) is 4.83. The van der Waals surface area contributed by atoms with Gasteiger partial charge in [0.2, 0.25) is 5.91 Å². The number of esters is 1. The second kappa shape index (κ2) is 11.4. The van der Waals surface area contributed by atoms with Gasteiger partial charge in [-0.15, -0.1) is 0 Å². The highest BCUT2D eigenvalue weighted by Crippen LogP contribution is 2.31. The van der Waals surface area contributed by atoms with Crippen LogP contribution in [0, 0.1) is 5.82 Å². The van der Waals surface area contributed by atoms with Gasteiger partial charge in [-0.25, -0.2) is 9.07 Å². The molecule has 8 heteroatoms. The lowest BCUT2D eigenvalue weighted by Crippen LogP contribution is -2.55. The first kappa shape index (κ1) is 25.4. The third-order valence-corrected chi connectivity index (χ3v) is 6.67. The number of aromatic nitrogens is 2. The normalized spacial score (nSPS) is 15.7. The number of amides is 1. The predicted octanol–water partition coefficient (Wildman–Crippen LogP) is 4.60. The summed E-state index contributed by atoms with van der Waals surface area (Å²) in [4.78, 5) is 26.8. The highest BCUT2D eigenvalue weighted by Gasteiger charge is 2.33. The summed E-state index contributed by atoms with van der Waals surface area (Å²) in [7, 11) is 0. The molecule has 194 valence electrons. The highest BCUT2D eigenvalue weighted by molar-refractivity contribution is 5.87. The standard InChI is InChI=1S/C30H29FN4O3/c1-2-38-28(36)18-27-30(37)32-16-17-34(27)20-23-19-33-35(29(23)25-10-6-7-11-26(25)31)24-14-12-22(13-15-24)21-8-4-3-5-9-21/h3-15,19,27H,2,16-18,20H2,1H3,(H,32,37). The van der Waals surface area contributed by atoms with Gasteiger partial charge in [-0.1, -0.05) is 54.6 Å². The van der Waals surface area contributed by atoms with Crippen molar-refractivity contribution in [2.24, 2.45) is 0 Å². The molecule has 1 aromatic heterocycles. The fourth-order valence-corrected chi connectivity index (χ4v) is 4.83. The van der Waals surface area contributed by atoms with E-state index in [-0.39, 0.29) is 24.8 Å². The largest absolute Gasteiger partial charge is 0.466 e. The van der Waals surface area contributed by atoms with E-state index in [4.69, 9.17) is 4.74 Å². The van der Waals surface area contributed by atoms with E-state index in [1.165, 1.54) is 6.07 Å². The molecular weight excluding hydrogens is 483 g/mol. The lowest BCUT2D eigenvalue weighted by Gasteiger charge is -2.34. The number of ether oxygens (including phenoxy) is 1. The molecule has 0 bridgehead atoms. The van der Waals surface area contributed by atoms with Crippen molar-refractivity contribution in [1.82, 2.24) is 20.0 Å². The summed E-state index contributed by atoms with van der Waals surface area (Å²) in [6.45, 7) is 3.31. The monoisotopic (exact) mass is 512 g/mol. The van der Waals surface area contributed by atoms with Crippen LogP contribution in [0.25, 0.3) is 28.1 Å². The second-order valence-corrected chi connectivity index (χ2v) is 9.11. The lowest BCUT2D eigenvalue weighted by molar-refractivity contribution is -0.148. The van der Waals surface area contributed by atoms with Crippen LogP contribution in [0.4, 0.5) is 4.39 Å². The lowest BCUT2D eigenvalue weighted by atomic mass is 10.0. The molecule has 5 rings (SSSR count). The maximum absolute atomic E-state index is 15.1. The Morgan fingerprint density at radius 2 is 1.74 bits per heavy atom. The van der Waals surface area contributed by atoms with Crippen LogP contribution in [0.2, 0.25) is 0 Å². The molecule has 1 fully saturated rings. The molecule has 1 aliphatic heterocycles. The summed E-state index contributed by atoms with van der Waals surface area (Å²) in [6, 6.07) is 23.9. The smallest absolute Gasteiger partial charge is 0.307 e. The van der Waals surface area contributed by atoms with E-state index in [1.807, 2.05) is 59.5 Å². The minimum Gasteiger partial charge on any atom is -0.466 e. The number of nitrogens with zero attached hydrogens (tertiary/aromatic N) is 3. The number of nitrogens with one attached hydrogen (secondary N) is 1. The molecule has 0 aliphatic carbocycles. The summed E-state index contributed by atoms with van der Waals surface area (Å²) in [6.07, 6.45) is 1.66. The number of hydrogen-bond donors (Lipinski definition) is 1. The highest BCUT2D eigenvalue weighted by atomic mass is 19.1. The Morgan fingerprint density at radius 3 is 2.47 bits per heavy atom. The van der Waals surface area contributed by atoms with Crippen LogP contribution >= 0.6 is 0 Å². The molecule has 7 nitrogen and oxygen atoms in total. The Kier molecular flexibility index (Phi) is 7.60. The maximum atomic E-state index is 15.1. The SMILES string of the molecule is CCOC(=O)CC1C(=O)NCCN1Cc1cnn(-c2ccc(-c3ccccc3)cc2)c1-c1ccccc1F. The number of hydrogen-bond acceptors (Lipinski definition) is 5. The minimum atomic E-state index is -0.676. The second-order valence-electron chi connectivity index (χ2n) is 9.11. The maximum Gasteiger partial charge on any atom is 0.307 e. The fraction of sp³-hybridized carbons (Fsp3) is 0.233. The molecule has 1 unspecified atom stereocenters. The number of piperazine rings is 1. The van der Waals surface area contributed by atoms with E-state index in [2.05, 4.69) is 10.4 Å². The van der Waals surface area contributed by atoms with E-state index in [0.29, 0.717) is 30.9 Å². The van der Waals surface area contributed by atoms with Crippen LogP contribution in [0.1, 0.15) is 18.9 Å².